The van der Waals surface area contributed by atoms with Gasteiger partial charge in [-0.3, -0.25) is 4.68 Å². The van der Waals surface area contributed by atoms with E-state index in [0.29, 0.717) is 19.1 Å². The molecular formula is C12H20F3N3S. The molecule has 0 aliphatic carbocycles. The van der Waals surface area contributed by atoms with Crippen LogP contribution in [0.1, 0.15) is 38.4 Å². The molecule has 0 bridgehead atoms. The molecule has 0 fully saturated rings. The van der Waals surface area contributed by atoms with Crippen LogP contribution in [0.4, 0.5) is 13.2 Å². The molecule has 1 heterocycles. The zero-order valence-corrected chi connectivity index (χ0v) is 12.0. The molecule has 0 spiro atoms. The van der Waals surface area contributed by atoms with E-state index in [1.54, 1.807) is 0 Å². The van der Waals surface area contributed by atoms with Crippen LogP contribution in [0.5, 0.6) is 0 Å². The van der Waals surface area contributed by atoms with Crippen molar-refractivity contribution < 1.29 is 13.2 Å². The fourth-order valence-corrected chi connectivity index (χ4v) is 2.27. The summed E-state index contributed by atoms with van der Waals surface area (Å²) in [5.74, 6) is 0.0246. The molecule has 0 aliphatic rings. The van der Waals surface area contributed by atoms with E-state index in [1.807, 2.05) is 16.9 Å². The summed E-state index contributed by atoms with van der Waals surface area (Å²) in [6.45, 7) is 5.05. The van der Waals surface area contributed by atoms with Crippen molar-refractivity contribution >= 4 is 11.8 Å². The van der Waals surface area contributed by atoms with Crippen molar-refractivity contribution in [3.05, 3.63) is 18.0 Å². The quantitative estimate of drug-likeness (QED) is 0.743. The van der Waals surface area contributed by atoms with Gasteiger partial charge in [0.05, 0.1) is 11.7 Å². The maximum atomic E-state index is 11.9. The fourth-order valence-electron chi connectivity index (χ4n) is 1.79. The maximum Gasteiger partial charge on any atom is 0.441 e. The van der Waals surface area contributed by atoms with E-state index >= 15 is 0 Å². The number of hydrogen-bond donors (Lipinski definition) is 1. The number of rotatable bonds is 8. The highest BCUT2D eigenvalue weighted by Gasteiger charge is 2.27. The SMILES string of the molecule is CCC(CC)n1ccc(CNCCSC(F)(F)F)n1. The molecule has 0 unspecified atom stereocenters. The first kappa shape index (κ1) is 16.4. The second-order valence-electron chi connectivity index (χ2n) is 4.23. The van der Waals surface area contributed by atoms with Crippen molar-refractivity contribution in [2.75, 3.05) is 12.3 Å². The molecule has 7 heteroatoms. The molecule has 0 atom stereocenters. The first-order valence-corrected chi connectivity index (χ1v) is 7.40. The average molecular weight is 295 g/mol. The Labute approximate surface area is 115 Å². The number of aromatic nitrogens is 2. The van der Waals surface area contributed by atoms with Crippen molar-refractivity contribution in [3.63, 3.8) is 0 Å². The van der Waals surface area contributed by atoms with E-state index in [-0.39, 0.29) is 17.5 Å². The van der Waals surface area contributed by atoms with Crippen molar-refractivity contribution in [1.29, 1.82) is 0 Å². The van der Waals surface area contributed by atoms with E-state index in [4.69, 9.17) is 0 Å². The first-order valence-electron chi connectivity index (χ1n) is 6.41. The van der Waals surface area contributed by atoms with Crippen LogP contribution in [0.2, 0.25) is 0 Å². The molecular weight excluding hydrogens is 275 g/mol. The minimum Gasteiger partial charge on any atom is -0.310 e. The van der Waals surface area contributed by atoms with Crippen LogP contribution >= 0.6 is 11.8 Å². The number of nitrogens with zero attached hydrogens (tertiary/aromatic N) is 2. The molecule has 0 amide bonds. The van der Waals surface area contributed by atoms with E-state index < -0.39 is 5.51 Å². The van der Waals surface area contributed by atoms with Crippen LogP contribution in [-0.4, -0.2) is 27.6 Å². The minimum atomic E-state index is -4.14. The Morgan fingerprint density at radius 3 is 2.63 bits per heavy atom. The molecule has 0 aliphatic heterocycles. The Hall–Kier alpha value is -0.690. The van der Waals surface area contributed by atoms with Gasteiger partial charge in [-0.2, -0.15) is 18.3 Å². The summed E-state index contributed by atoms with van der Waals surface area (Å²) in [5.41, 5.74) is -3.28. The number of nitrogens with one attached hydrogen (secondary N) is 1. The van der Waals surface area contributed by atoms with Gasteiger partial charge in [0.2, 0.25) is 0 Å². The molecule has 0 saturated heterocycles. The molecule has 1 aromatic heterocycles. The average Bonchev–Trinajstić information content (AvgIpc) is 2.77. The van der Waals surface area contributed by atoms with Crippen LogP contribution in [0, 0.1) is 0 Å². The third-order valence-corrected chi connectivity index (χ3v) is 3.57. The van der Waals surface area contributed by atoms with E-state index in [0.717, 1.165) is 18.5 Å². The van der Waals surface area contributed by atoms with Crippen molar-refractivity contribution in [3.8, 4) is 0 Å². The number of hydrogen-bond acceptors (Lipinski definition) is 3. The Morgan fingerprint density at radius 1 is 1.37 bits per heavy atom. The van der Waals surface area contributed by atoms with Crippen molar-refractivity contribution in [2.45, 2.75) is 44.8 Å². The van der Waals surface area contributed by atoms with E-state index in [1.165, 1.54) is 0 Å². The van der Waals surface area contributed by atoms with Crippen LogP contribution in [0.15, 0.2) is 12.3 Å². The maximum absolute atomic E-state index is 11.9. The Bertz CT molecular complexity index is 361. The lowest BCUT2D eigenvalue weighted by molar-refractivity contribution is -0.0327. The first-order chi connectivity index (χ1) is 8.96. The van der Waals surface area contributed by atoms with Gasteiger partial charge in [0.25, 0.3) is 0 Å². The highest BCUT2D eigenvalue weighted by Crippen LogP contribution is 2.29. The zero-order valence-electron chi connectivity index (χ0n) is 11.2. The third-order valence-electron chi connectivity index (χ3n) is 2.83. The van der Waals surface area contributed by atoms with Gasteiger partial charge in [0.1, 0.15) is 0 Å². The molecule has 110 valence electrons. The normalized spacial score (nSPS) is 12.3. The number of halogens is 3. The predicted octanol–water partition coefficient (Wildman–Crippen LogP) is 3.59. The summed E-state index contributed by atoms with van der Waals surface area (Å²) in [6.07, 6.45) is 3.97. The molecule has 1 N–H and O–H groups in total. The van der Waals surface area contributed by atoms with Crippen LogP contribution in [-0.2, 0) is 6.54 Å². The molecule has 3 nitrogen and oxygen atoms in total. The van der Waals surface area contributed by atoms with Gasteiger partial charge in [-0.1, -0.05) is 13.8 Å². The lowest BCUT2D eigenvalue weighted by Crippen LogP contribution is -2.19. The summed E-state index contributed by atoms with van der Waals surface area (Å²) in [7, 11) is 0. The second-order valence-corrected chi connectivity index (χ2v) is 5.39. The fraction of sp³-hybridized carbons (Fsp3) is 0.750. The Balaban J connectivity index is 2.27. The summed E-state index contributed by atoms with van der Waals surface area (Å²) in [5, 5.41) is 7.39. The Kier molecular flexibility index (Phi) is 6.71. The summed E-state index contributed by atoms with van der Waals surface area (Å²) < 4.78 is 37.6. The van der Waals surface area contributed by atoms with Crippen molar-refractivity contribution in [1.82, 2.24) is 15.1 Å². The Morgan fingerprint density at radius 2 is 2.05 bits per heavy atom. The molecule has 1 rings (SSSR count). The smallest absolute Gasteiger partial charge is 0.310 e. The summed E-state index contributed by atoms with van der Waals surface area (Å²) >= 11 is -0.00206. The third kappa shape index (κ3) is 6.33. The minimum absolute atomic E-state index is 0.00206. The second kappa shape index (κ2) is 7.79. The molecule has 0 radical (unpaired) electrons. The van der Waals surface area contributed by atoms with E-state index in [2.05, 4.69) is 24.3 Å². The van der Waals surface area contributed by atoms with E-state index in [9.17, 15) is 13.2 Å². The zero-order chi connectivity index (χ0) is 14.3. The largest absolute Gasteiger partial charge is 0.441 e. The van der Waals surface area contributed by atoms with Gasteiger partial charge in [0.15, 0.2) is 0 Å². The lowest BCUT2D eigenvalue weighted by atomic mass is 10.2. The summed E-state index contributed by atoms with van der Waals surface area (Å²) in [4.78, 5) is 0. The monoisotopic (exact) mass is 295 g/mol. The molecule has 19 heavy (non-hydrogen) atoms. The van der Waals surface area contributed by atoms with Gasteiger partial charge in [-0.05, 0) is 30.7 Å². The van der Waals surface area contributed by atoms with Gasteiger partial charge in [-0.25, -0.2) is 0 Å². The van der Waals surface area contributed by atoms with Crippen molar-refractivity contribution in [2.24, 2.45) is 0 Å². The van der Waals surface area contributed by atoms with Gasteiger partial charge < -0.3 is 5.32 Å². The van der Waals surface area contributed by atoms with Crippen LogP contribution in [0.3, 0.4) is 0 Å². The van der Waals surface area contributed by atoms with Crippen LogP contribution in [0.25, 0.3) is 0 Å². The topological polar surface area (TPSA) is 29.9 Å². The standard InChI is InChI=1S/C12H20F3N3S/c1-3-11(4-2)18-7-5-10(17-18)9-16-6-8-19-12(13,14)15/h5,7,11,16H,3-4,6,8-9H2,1-2H3. The molecule has 1 aromatic rings. The lowest BCUT2D eigenvalue weighted by Gasteiger charge is -2.12. The van der Waals surface area contributed by atoms with Crippen LogP contribution < -0.4 is 5.32 Å². The highest BCUT2D eigenvalue weighted by atomic mass is 32.2. The molecule has 0 saturated carbocycles. The molecule has 0 aromatic carbocycles. The highest BCUT2D eigenvalue weighted by molar-refractivity contribution is 8.00. The number of alkyl halides is 3. The summed E-state index contributed by atoms with van der Waals surface area (Å²) in [6, 6.07) is 2.30. The van der Waals surface area contributed by atoms with Gasteiger partial charge >= 0.3 is 5.51 Å². The van der Waals surface area contributed by atoms with Gasteiger partial charge in [-0.15, -0.1) is 0 Å². The number of thioether (sulfide) groups is 1. The predicted molar refractivity (Wildman–Crippen MR) is 72.1 cm³/mol. The van der Waals surface area contributed by atoms with Gasteiger partial charge in [0, 0.05) is 25.0 Å².